The van der Waals surface area contributed by atoms with Crippen molar-refractivity contribution in [3.8, 4) is 5.75 Å². The van der Waals surface area contributed by atoms with E-state index in [9.17, 15) is 23.1 Å². The van der Waals surface area contributed by atoms with Crippen molar-refractivity contribution >= 4 is 5.91 Å². The minimum Gasteiger partial charge on any atom is -0.503 e. The molecule has 1 amide bonds. The number of carbonyl (C=O) groups is 1. The van der Waals surface area contributed by atoms with Crippen molar-refractivity contribution in [3.05, 3.63) is 29.1 Å². The van der Waals surface area contributed by atoms with Gasteiger partial charge in [0.2, 0.25) is 5.82 Å². The van der Waals surface area contributed by atoms with E-state index in [0.717, 1.165) is 0 Å². The normalized spacial score (nSPS) is 12.5. The van der Waals surface area contributed by atoms with Crippen molar-refractivity contribution in [2.45, 2.75) is 32.8 Å². The predicted octanol–water partition coefficient (Wildman–Crippen LogP) is 2.34. The van der Waals surface area contributed by atoms with E-state index < -0.39 is 40.8 Å². The molecule has 0 fully saturated rings. The topological polar surface area (TPSA) is 69.6 Å². The second-order valence-electron chi connectivity index (χ2n) is 4.74. The minimum absolute atomic E-state index is 0.0338. The number of carbonyl (C=O) groups excluding carboxylic acids is 1. The van der Waals surface area contributed by atoms with Gasteiger partial charge in [-0.1, -0.05) is 26.7 Å². The molecule has 0 radical (unpaired) electrons. The molecule has 0 aromatic heterocycles. The fourth-order valence-corrected chi connectivity index (χ4v) is 2.05. The fraction of sp³-hybridized carbons (Fsp3) is 0.500. The molecule has 4 nitrogen and oxygen atoms in total. The summed E-state index contributed by atoms with van der Waals surface area (Å²) in [6.07, 6.45) is 0.577. The quantitative estimate of drug-likeness (QED) is 0.707. The van der Waals surface area contributed by atoms with E-state index >= 15 is 0 Å². The van der Waals surface area contributed by atoms with Crippen LogP contribution in [0.15, 0.2) is 6.07 Å². The van der Waals surface area contributed by atoms with Crippen LogP contribution >= 0.6 is 0 Å². The number of amides is 1. The lowest BCUT2D eigenvalue weighted by atomic mass is 9.96. The number of rotatable bonds is 6. The molecule has 0 aliphatic heterocycles. The number of benzene rings is 1. The van der Waals surface area contributed by atoms with Gasteiger partial charge in [0.15, 0.2) is 17.4 Å². The summed E-state index contributed by atoms with van der Waals surface area (Å²) in [7, 11) is 0. The van der Waals surface area contributed by atoms with Gasteiger partial charge >= 0.3 is 0 Å². The molecule has 118 valence electrons. The molecule has 0 saturated heterocycles. The van der Waals surface area contributed by atoms with Gasteiger partial charge in [-0.25, -0.2) is 8.78 Å². The third-order valence-corrected chi connectivity index (χ3v) is 3.44. The zero-order valence-electron chi connectivity index (χ0n) is 11.8. The standard InChI is InChI=1S/C14H18F3NO3/c1-3-7(4-2)10(19)6-18-14(21)8-5-9(15)12(17)13(20)11(8)16/h5,7,10,19-20H,3-4,6H2,1-2H3,(H,18,21). The molecule has 1 atom stereocenters. The molecule has 21 heavy (non-hydrogen) atoms. The van der Waals surface area contributed by atoms with Crippen molar-refractivity contribution in [1.29, 1.82) is 0 Å². The summed E-state index contributed by atoms with van der Waals surface area (Å²) in [5.74, 6) is -7.43. The van der Waals surface area contributed by atoms with Gasteiger partial charge in [-0.15, -0.1) is 0 Å². The Hall–Kier alpha value is -1.76. The SMILES string of the molecule is CCC(CC)C(O)CNC(=O)c1cc(F)c(F)c(O)c1F. The van der Waals surface area contributed by atoms with Gasteiger partial charge in [0.1, 0.15) is 0 Å². The van der Waals surface area contributed by atoms with Crippen LogP contribution in [0.25, 0.3) is 0 Å². The lowest BCUT2D eigenvalue weighted by Gasteiger charge is -2.20. The third kappa shape index (κ3) is 3.87. The number of nitrogens with one attached hydrogen (secondary N) is 1. The van der Waals surface area contributed by atoms with Crippen LogP contribution in [0.5, 0.6) is 5.75 Å². The maximum absolute atomic E-state index is 13.5. The molecule has 0 aliphatic rings. The average molecular weight is 305 g/mol. The van der Waals surface area contributed by atoms with Gasteiger partial charge in [-0.05, 0) is 12.0 Å². The van der Waals surface area contributed by atoms with Crippen LogP contribution < -0.4 is 5.32 Å². The first-order valence-corrected chi connectivity index (χ1v) is 6.66. The van der Waals surface area contributed by atoms with E-state index in [2.05, 4.69) is 5.32 Å². The second kappa shape index (κ2) is 7.31. The maximum atomic E-state index is 13.5. The Morgan fingerprint density at radius 1 is 1.24 bits per heavy atom. The Morgan fingerprint density at radius 3 is 2.33 bits per heavy atom. The molecular weight excluding hydrogens is 287 g/mol. The highest BCUT2D eigenvalue weighted by molar-refractivity contribution is 5.95. The zero-order chi connectivity index (χ0) is 16.2. The number of aliphatic hydroxyl groups excluding tert-OH is 1. The summed E-state index contributed by atoms with van der Waals surface area (Å²) >= 11 is 0. The summed E-state index contributed by atoms with van der Waals surface area (Å²) in [6, 6.07) is 0.364. The number of hydrogen-bond acceptors (Lipinski definition) is 3. The fourth-order valence-electron chi connectivity index (χ4n) is 2.05. The van der Waals surface area contributed by atoms with Gasteiger partial charge in [-0.3, -0.25) is 4.79 Å². The Bertz CT molecular complexity index is 519. The van der Waals surface area contributed by atoms with Crippen molar-refractivity contribution in [1.82, 2.24) is 5.32 Å². The molecule has 0 aliphatic carbocycles. The lowest BCUT2D eigenvalue weighted by Crippen LogP contribution is -2.36. The number of halogens is 3. The van der Waals surface area contributed by atoms with E-state index in [1.165, 1.54) is 0 Å². The van der Waals surface area contributed by atoms with Gasteiger partial charge in [-0.2, -0.15) is 4.39 Å². The molecule has 1 aromatic carbocycles. The zero-order valence-corrected chi connectivity index (χ0v) is 11.8. The molecule has 0 bridgehead atoms. The van der Waals surface area contributed by atoms with Crippen molar-refractivity contribution < 1.29 is 28.2 Å². The molecule has 1 aromatic rings. The summed E-state index contributed by atoms with van der Waals surface area (Å²) in [5.41, 5.74) is -0.817. The van der Waals surface area contributed by atoms with Crippen LogP contribution in [0.1, 0.15) is 37.0 Å². The summed E-state index contributed by atoms with van der Waals surface area (Å²) in [4.78, 5) is 11.7. The number of aliphatic hydroxyl groups is 1. The Kier molecular flexibility index (Phi) is 6.02. The highest BCUT2D eigenvalue weighted by Crippen LogP contribution is 2.25. The van der Waals surface area contributed by atoms with Crippen molar-refractivity contribution in [3.63, 3.8) is 0 Å². The predicted molar refractivity (Wildman–Crippen MR) is 70.4 cm³/mol. The first-order valence-electron chi connectivity index (χ1n) is 6.66. The summed E-state index contributed by atoms with van der Waals surface area (Å²) in [6.45, 7) is 3.61. The smallest absolute Gasteiger partial charge is 0.254 e. The second-order valence-corrected chi connectivity index (χ2v) is 4.74. The Morgan fingerprint density at radius 2 is 1.81 bits per heavy atom. The number of hydrogen-bond donors (Lipinski definition) is 3. The number of aromatic hydroxyl groups is 1. The van der Waals surface area contributed by atoms with E-state index in [-0.39, 0.29) is 12.5 Å². The van der Waals surface area contributed by atoms with Crippen LogP contribution in [-0.2, 0) is 0 Å². The van der Waals surface area contributed by atoms with Gasteiger partial charge in [0.05, 0.1) is 11.7 Å². The highest BCUT2D eigenvalue weighted by atomic mass is 19.2. The highest BCUT2D eigenvalue weighted by Gasteiger charge is 2.23. The van der Waals surface area contributed by atoms with Crippen LogP contribution in [0, 0.1) is 23.4 Å². The Balaban J connectivity index is 2.82. The maximum Gasteiger partial charge on any atom is 0.254 e. The lowest BCUT2D eigenvalue weighted by molar-refractivity contribution is 0.0812. The van der Waals surface area contributed by atoms with Gasteiger partial charge in [0.25, 0.3) is 5.91 Å². The molecule has 0 spiro atoms. The molecular formula is C14H18F3NO3. The molecule has 1 unspecified atom stereocenters. The molecule has 3 N–H and O–H groups in total. The van der Waals surface area contributed by atoms with Crippen molar-refractivity contribution in [2.24, 2.45) is 5.92 Å². The molecule has 0 saturated carbocycles. The van der Waals surface area contributed by atoms with Crippen molar-refractivity contribution in [2.75, 3.05) is 6.54 Å². The minimum atomic E-state index is -1.75. The summed E-state index contributed by atoms with van der Waals surface area (Å²) in [5, 5.41) is 21.1. The third-order valence-electron chi connectivity index (χ3n) is 3.44. The van der Waals surface area contributed by atoms with E-state index in [1.54, 1.807) is 0 Å². The van der Waals surface area contributed by atoms with Crippen LogP contribution in [0.3, 0.4) is 0 Å². The van der Waals surface area contributed by atoms with Crippen LogP contribution in [0.4, 0.5) is 13.2 Å². The number of phenols is 1. The van der Waals surface area contributed by atoms with E-state index in [0.29, 0.717) is 18.9 Å². The largest absolute Gasteiger partial charge is 0.503 e. The molecule has 0 heterocycles. The summed E-state index contributed by atoms with van der Waals surface area (Å²) < 4.78 is 39.5. The van der Waals surface area contributed by atoms with Gasteiger partial charge < -0.3 is 15.5 Å². The van der Waals surface area contributed by atoms with E-state index in [4.69, 9.17) is 5.11 Å². The first kappa shape index (κ1) is 17.3. The van der Waals surface area contributed by atoms with Gasteiger partial charge in [0, 0.05) is 6.54 Å². The first-order chi connectivity index (χ1) is 9.83. The van der Waals surface area contributed by atoms with Crippen LogP contribution in [0.2, 0.25) is 0 Å². The average Bonchev–Trinajstić information content (AvgIpc) is 2.47. The van der Waals surface area contributed by atoms with E-state index in [1.807, 2.05) is 13.8 Å². The molecule has 1 rings (SSSR count). The van der Waals surface area contributed by atoms with Crippen LogP contribution in [-0.4, -0.2) is 28.8 Å². The Labute approximate surface area is 120 Å². The number of phenolic OH excluding ortho intramolecular Hbond substituents is 1. The molecule has 7 heteroatoms. The monoisotopic (exact) mass is 305 g/mol.